The van der Waals surface area contributed by atoms with Crippen LogP contribution in [0.5, 0.6) is 5.75 Å². The van der Waals surface area contributed by atoms with Gasteiger partial charge in [0.05, 0.1) is 18.4 Å². The number of Topliss-reactive ketones (excluding diaryl/α,β-unsaturated/α-hetero) is 1. The van der Waals surface area contributed by atoms with Crippen molar-refractivity contribution in [3.8, 4) is 5.75 Å². The number of benzene rings is 2. The molecule has 0 radical (unpaired) electrons. The van der Waals surface area contributed by atoms with E-state index in [-0.39, 0.29) is 12.1 Å². The van der Waals surface area contributed by atoms with Crippen molar-refractivity contribution < 1.29 is 29.0 Å². The molecule has 0 bridgehead atoms. The second kappa shape index (κ2) is 8.71. The Morgan fingerprint density at radius 2 is 1.73 bits per heavy atom. The number of carbonyl (C=O) groups excluding carboxylic acids is 3. The molecule has 8 nitrogen and oxygen atoms in total. The highest BCUT2D eigenvalue weighted by atomic mass is 16.5. The molecule has 1 N–H and O–H groups in total. The van der Waals surface area contributed by atoms with Crippen LogP contribution in [0.25, 0.3) is 5.76 Å². The SMILES string of the molecule is CCN1C(=O)[C@]2(C(=C(O)c3ccc(OC)cc3)C(=O)C(=O)N2CCCOC)c2ccccc21. The van der Waals surface area contributed by atoms with Gasteiger partial charge in [-0.1, -0.05) is 18.2 Å². The maximum absolute atomic E-state index is 14.0. The van der Waals surface area contributed by atoms with Gasteiger partial charge < -0.3 is 24.4 Å². The van der Waals surface area contributed by atoms with Gasteiger partial charge in [0.2, 0.25) is 0 Å². The van der Waals surface area contributed by atoms with Gasteiger partial charge in [-0.25, -0.2) is 0 Å². The van der Waals surface area contributed by atoms with E-state index in [4.69, 9.17) is 9.47 Å². The lowest BCUT2D eigenvalue weighted by Crippen LogP contribution is -2.52. The number of likely N-dealkylation sites (tertiary alicyclic amines) is 1. The molecule has 1 atom stereocenters. The van der Waals surface area contributed by atoms with E-state index in [1.807, 2.05) is 6.92 Å². The first-order valence-electron chi connectivity index (χ1n) is 10.8. The highest BCUT2D eigenvalue weighted by Gasteiger charge is 2.66. The number of ketones is 1. The smallest absolute Gasteiger partial charge is 0.296 e. The molecule has 1 spiro atoms. The Morgan fingerprint density at radius 3 is 2.36 bits per heavy atom. The number of hydrogen-bond donors (Lipinski definition) is 1. The van der Waals surface area contributed by atoms with Crippen molar-refractivity contribution in [2.24, 2.45) is 0 Å². The van der Waals surface area contributed by atoms with Crippen LogP contribution in [0.15, 0.2) is 54.1 Å². The number of para-hydroxylation sites is 1. The first-order chi connectivity index (χ1) is 15.9. The second-order valence-corrected chi connectivity index (χ2v) is 7.86. The molecule has 2 heterocycles. The summed E-state index contributed by atoms with van der Waals surface area (Å²) >= 11 is 0. The van der Waals surface area contributed by atoms with E-state index in [0.29, 0.717) is 42.1 Å². The van der Waals surface area contributed by atoms with Gasteiger partial charge in [-0.2, -0.15) is 0 Å². The molecular formula is C25H26N2O6. The minimum atomic E-state index is -1.74. The fourth-order valence-corrected chi connectivity index (χ4v) is 4.74. The zero-order valence-electron chi connectivity index (χ0n) is 18.8. The highest BCUT2D eigenvalue weighted by Crippen LogP contribution is 2.53. The molecule has 2 amide bonds. The van der Waals surface area contributed by atoms with Gasteiger partial charge in [0.15, 0.2) is 5.54 Å². The van der Waals surface area contributed by atoms with E-state index in [1.54, 1.807) is 60.5 Å². The van der Waals surface area contributed by atoms with Crippen molar-refractivity contribution in [2.45, 2.75) is 18.9 Å². The summed E-state index contributed by atoms with van der Waals surface area (Å²) in [4.78, 5) is 43.4. The van der Waals surface area contributed by atoms with Crippen LogP contribution in [-0.2, 0) is 24.7 Å². The van der Waals surface area contributed by atoms with E-state index < -0.39 is 28.9 Å². The van der Waals surface area contributed by atoms with Gasteiger partial charge in [-0.15, -0.1) is 0 Å². The Bertz CT molecular complexity index is 1140. The lowest BCUT2D eigenvalue weighted by molar-refractivity contribution is -0.143. The van der Waals surface area contributed by atoms with Gasteiger partial charge in [-0.05, 0) is 43.7 Å². The van der Waals surface area contributed by atoms with E-state index in [9.17, 15) is 19.5 Å². The number of methoxy groups -OCH3 is 2. The molecule has 2 aromatic carbocycles. The summed E-state index contributed by atoms with van der Waals surface area (Å²) in [6.07, 6.45) is 0.426. The van der Waals surface area contributed by atoms with Crippen LogP contribution in [0.1, 0.15) is 24.5 Å². The van der Waals surface area contributed by atoms with Crippen molar-refractivity contribution in [1.82, 2.24) is 4.90 Å². The van der Waals surface area contributed by atoms with Crippen molar-refractivity contribution in [3.05, 3.63) is 65.2 Å². The van der Waals surface area contributed by atoms with Crippen molar-refractivity contribution in [2.75, 3.05) is 38.8 Å². The number of hydrogen-bond acceptors (Lipinski definition) is 6. The van der Waals surface area contributed by atoms with Crippen molar-refractivity contribution in [1.29, 1.82) is 0 Å². The number of aliphatic hydroxyl groups excluding tert-OH is 1. The standard InChI is InChI=1S/C25H26N2O6/c1-4-26-19-9-6-5-8-18(19)25(24(26)31)20(21(28)16-10-12-17(33-3)13-11-16)22(29)23(30)27(25)14-7-15-32-2/h5-6,8-13,28H,4,7,14-15H2,1-3H3/t25-/m1/s1. The molecule has 0 unspecified atom stereocenters. The monoisotopic (exact) mass is 450 g/mol. The normalized spacial score (nSPS) is 21.2. The molecule has 2 aliphatic heterocycles. The quantitative estimate of drug-likeness (QED) is 0.302. The van der Waals surface area contributed by atoms with Gasteiger partial charge in [-0.3, -0.25) is 14.4 Å². The van der Waals surface area contributed by atoms with E-state index in [1.165, 1.54) is 12.0 Å². The molecular weight excluding hydrogens is 424 g/mol. The number of aliphatic hydroxyl groups is 1. The summed E-state index contributed by atoms with van der Waals surface area (Å²) in [7, 11) is 3.06. The Hall–Kier alpha value is -3.65. The molecule has 33 heavy (non-hydrogen) atoms. The predicted octanol–water partition coefficient (Wildman–Crippen LogP) is 2.67. The molecule has 0 aliphatic carbocycles. The number of amides is 2. The number of ether oxygens (including phenoxy) is 2. The highest BCUT2D eigenvalue weighted by molar-refractivity contribution is 6.50. The Kier molecular flexibility index (Phi) is 5.95. The Labute approximate surface area is 192 Å². The van der Waals surface area contributed by atoms with Crippen molar-refractivity contribution >= 4 is 29.0 Å². The zero-order valence-corrected chi connectivity index (χ0v) is 18.8. The van der Waals surface area contributed by atoms with Crippen molar-refractivity contribution in [3.63, 3.8) is 0 Å². The molecule has 1 fully saturated rings. The number of rotatable bonds is 7. The first kappa shape index (κ1) is 22.5. The molecule has 172 valence electrons. The van der Waals surface area contributed by atoms with E-state index >= 15 is 0 Å². The van der Waals surface area contributed by atoms with Gasteiger partial charge >= 0.3 is 0 Å². The van der Waals surface area contributed by atoms with Gasteiger partial charge in [0, 0.05) is 37.9 Å². The third-order valence-electron chi connectivity index (χ3n) is 6.22. The largest absolute Gasteiger partial charge is 0.507 e. The molecule has 0 saturated carbocycles. The topological polar surface area (TPSA) is 96.4 Å². The van der Waals surface area contributed by atoms with Crippen LogP contribution in [0.4, 0.5) is 5.69 Å². The van der Waals surface area contributed by atoms with Crippen LogP contribution in [0, 0.1) is 0 Å². The lowest BCUT2D eigenvalue weighted by atomic mass is 9.82. The molecule has 1 saturated heterocycles. The second-order valence-electron chi connectivity index (χ2n) is 7.86. The van der Waals surface area contributed by atoms with Crippen LogP contribution in [-0.4, -0.2) is 61.5 Å². The summed E-state index contributed by atoms with van der Waals surface area (Å²) in [5, 5.41) is 11.3. The number of anilines is 1. The lowest BCUT2D eigenvalue weighted by Gasteiger charge is -2.34. The van der Waals surface area contributed by atoms with Crippen LogP contribution in [0.2, 0.25) is 0 Å². The summed E-state index contributed by atoms with van der Waals surface area (Å²) in [5.41, 5.74) is -0.528. The fourth-order valence-electron chi connectivity index (χ4n) is 4.74. The molecule has 8 heteroatoms. The van der Waals surface area contributed by atoms with Gasteiger partial charge in [0.1, 0.15) is 11.5 Å². The average Bonchev–Trinajstić information content (AvgIpc) is 3.22. The predicted molar refractivity (Wildman–Crippen MR) is 122 cm³/mol. The number of carbonyl (C=O) groups is 3. The zero-order chi connectivity index (χ0) is 23.8. The molecule has 2 aromatic rings. The van der Waals surface area contributed by atoms with E-state index in [2.05, 4.69) is 0 Å². The fraction of sp³-hybridized carbons (Fsp3) is 0.320. The van der Waals surface area contributed by atoms with Crippen LogP contribution < -0.4 is 9.64 Å². The number of fused-ring (bicyclic) bond motifs is 2. The maximum Gasteiger partial charge on any atom is 0.296 e. The molecule has 2 aliphatic rings. The van der Waals surface area contributed by atoms with Gasteiger partial charge in [0.25, 0.3) is 17.6 Å². The van der Waals surface area contributed by atoms with Crippen LogP contribution in [0.3, 0.4) is 0 Å². The average molecular weight is 450 g/mol. The minimum absolute atomic E-state index is 0.120. The van der Waals surface area contributed by atoms with Crippen LogP contribution >= 0.6 is 0 Å². The summed E-state index contributed by atoms with van der Waals surface area (Å²) < 4.78 is 10.3. The Balaban J connectivity index is 2.00. The summed E-state index contributed by atoms with van der Waals surface area (Å²) in [5.74, 6) is -1.96. The first-order valence-corrected chi connectivity index (χ1v) is 10.8. The Morgan fingerprint density at radius 1 is 1.03 bits per heavy atom. The third kappa shape index (κ3) is 3.21. The number of nitrogens with zero attached hydrogens (tertiary/aromatic N) is 2. The minimum Gasteiger partial charge on any atom is -0.507 e. The molecule has 4 rings (SSSR count). The number of likely N-dealkylation sites (N-methyl/N-ethyl adjacent to an activating group) is 1. The maximum atomic E-state index is 14.0. The third-order valence-corrected chi connectivity index (χ3v) is 6.22. The summed E-state index contributed by atoms with van der Waals surface area (Å²) in [6.45, 7) is 2.65. The van der Waals surface area contributed by atoms with E-state index in [0.717, 1.165) is 0 Å². The molecule has 0 aromatic heterocycles. The summed E-state index contributed by atoms with van der Waals surface area (Å²) in [6, 6.07) is 13.5.